The zero-order valence-corrected chi connectivity index (χ0v) is 13.5. The van der Waals surface area contributed by atoms with Gasteiger partial charge < -0.3 is 14.6 Å². The van der Waals surface area contributed by atoms with Gasteiger partial charge in [-0.15, -0.1) is 0 Å². The van der Waals surface area contributed by atoms with Gasteiger partial charge in [0.05, 0.1) is 12.2 Å². The standard InChI is InChI=1S/C19H21N3O/c1-13-11-22(12-14(2)23-13)18-5-3-15(4-6-18)17-9-16-7-8-20-19(16)21-10-17/h3-10,13-14H,11-12H2,1-2H3,(H,20,21)/t13-,14+. The molecular formula is C19H21N3O. The predicted molar refractivity (Wildman–Crippen MR) is 93.8 cm³/mol. The van der Waals surface area contributed by atoms with Crippen molar-refractivity contribution in [1.29, 1.82) is 0 Å². The van der Waals surface area contributed by atoms with Crippen LogP contribution < -0.4 is 4.90 Å². The number of ether oxygens (including phenoxy) is 1. The average molecular weight is 307 g/mol. The summed E-state index contributed by atoms with van der Waals surface area (Å²) in [6.07, 6.45) is 4.40. The molecule has 1 saturated heterocycles. The molecule has 4 nitrogen and oxygen atoms in total. The quantitative estimate of drug-likeness (QED) is 0.782. The lowest BCUT2D eigenvalue weighted by molar-refractivity contribution is -0.00521. The molecule has 1 aliphatic heterocycles. The molecule has 4 heteroatoms. The lowest BCUT2D eigenvalue weighted by atomic mass is 10.1. The van der Waals surface area contributed by atoms with E-state index in [1.54, 1.807) is 0 Å². The zero-order chi connectivity index (χ0) is 15.8. The molecule has 0 bridgehead atoms. The van der Waals surface area contributed by atoms with Crippen LogP contribution in [-0.2, 0) is 4.74 Å². The SMILES string of the molecule is C[C@@H]1CN(c2ccc(-c3cnc4[nH]ccc4c3)cc2)C[C@H](C)O1. The molecule has 2 aromatic heterocycles. The van der Waals surface area contributed by atoms with Gasteiger partial charge in [-0.1, -0.05) is 12.1 Å². The van der Waals surface area contributed by atoms with Gasteiger partial charge in [0.1, 0.15) is 5.65 Å². The summed E-state index contributed by atoms with van der Waals surface area (Å²) in [5.74, 6) is 0. The van der Waals surface area contributed by atoms with Crippen LogP contribution in [0.3, 0.4) is 0 Å². The monoisotopic (exact) mass is 307 g/mol. The Bertz CT molecular complexity index is 799. The minimum atomic E-state index is 0.277. The van der Waals surface area contributed by atoms with E-state index in [0.29, 0.717) is 0 Å². The van der Waals surface area contributed by atoms with Crippen molar-refractivity contribution in [3.8, 4) is 11.1 Å². The van der Waals surface area contributed by atoms with Crippen LogP contribution >= 0.6 is 0 Å². The predicted octanol–water partition coefficient (Wildman–Crippen LogP) is 3.84. The zero-order valence-electron chi connectivity index (χ0n) is 13.5. The molecule has 118 valence electrons. The Morgan fingerprint density at radius 3 is 2.52 bits per heavy atom. The minimum absolute atomic E-state index is 0.277. The maximum Gasteiger partial charge on any atom is 0.137 e. The van der Waals surface area contributed by atoms with Crippen molar-refractivity contribution in [3.05, 3.63) is 48.8 Å². The number of fused-ring (bicyclic) bond motifs is 1. The highest BCUT2D eigenvalue weighted by atomic mass is 16.5. The van der Waals surface area contributed by atoms with Gasteiger partial charge in [-0.25, -0.2) is 4.98 Å². The number of hydrogen-bond acceptors (Lipinski definition) is 3. The van der Waals surface area contributed by atoms with Gasteiger partial charge in [0.2, 0.25) is 0 Å². The van der Waals surface area contributed by atoms with Crippen LogP contribution in [-0.4, -0.2) is 35.3 Å². The Hall–Kier alpha value is -2.33. The smallest absolute Gasteiger partial charge is 0.137 e. The fraction of sp³-hybridized carbons (Fsp3) is 0.316. The molecular weight excluding hydrogens is 286 g/mol. The molecule has 2 atom stereocenters. The van der Waals surface area contributed by atoms with Gasteiger partial charge in [-0.3, -0.25) is 0 Å². The summed E-state index contributed by atoms with van der Waals surface area (Å²) in [7, 11) is 0. The van der Waals surface area contributed by atoms with Crippen molar-refractivity contribution in [2.24, 2.45) is 0 Å². The number of benzene rings is 1. The summed E-state index contributed by atoms with van der Waals surface area (Å²) in [5.41, 5.74) is 4.53. The van der Waals surface area contributed by atoms with Gasteiger partial charge in [0.25, 0.3) is 0 Å². The topological polar surface area (TPSA) is 41.2 Å². The molecule has 3 aromatic rings. The average Bonchev–Trinajstić information content (AvgIpc) is 3.01. The number of aromatic nitrogens is 2. The molecule has 0 unspecified atom stereocenters. The third kappa shape index (κ3) is 2.82. The van der Waals surface area contributed by atoms with E-state index in [0.717, 1.165) is 29.7 Å². The van der Waals surface area contributed by atoms with Crippen molar-refractivity contribution in [2.75, 3.05) is 18.0 Å². The first-order valence-corrected chi connectivity index (χ1v) is 8.13. The van der Waals surface area contributed by atoms with Gasteiger partial charge in [0, 0.05) is 42.1 Å². The summed E-state index contributed by atoms with van der Waals surface area (Å²) in [6, 6.07) is 13.0. The van der Waals surface area contributed by atoms with Crippen LogP contribution in [0.1, 0.15) is 13.8 Å². The Morgan fingerprint density at radius 2 is 1.78 bits per heavy atom. The second kappa shape index (κ2) is 5.70. The minimum Gasteiger partial charge on any atom is -0.372 e. The molecule has 0 radical (unpaired) electrons. The number of H-pyrrole nitrogens is 1. The number of aromatic amines is 1. The van der Waals surface area contributed by atoms with Crippen molar-refractivity contribution in [1.82, 2.24) is 9.97 Å². The van der Waals surface area contributed by atoms with Crippen molar-refractivity contribution in [2.45, 2.75) is 26.1 Å². The molecule has 1 N–H and O–H groups in total. The number of nitrogens with zero attached hydrogens (tertiary/aromatic N) is 2. The van der Waals surface area contributed by atoms with Crippen LogP contribution in [0.25, 0.3) is 22.2 Å². The number of morpholine rings is 1. The van der Waals surface area contributed by atoms with E-state index in [4.69, 9.17) is 4.74 Å². The Labute approximate surface area is 136 Å². The summed E-state index contributed by atoms with van der Waals surface area (Å²) in [4.78, 5) is 10.00. The number of pyridine rings is 1. The fourth-order valence-electron chi connectivity index (χ4n) is 3.35. The van der Waals surface area contributed by atoms with Crippen LogP contribution in [0, 0.1) is 0 Å². The number of hydrogen-bond donors (Lipinski definition) is 1. The van der Waals surface area contributed by atoms with Gasteiger partial charge in [-0.2, -0.15) is 0 Å². The molecule has 0 amide bonds. The molecule has 0 saturated carbocycles. The third-order valence-electron chi connectivity index (χ3n) is 4.39. The first-order chi connectivity index (χ1) is 11.2. The maximum atomic E-state index is 5.81. The largest absolute Gasteiger partial charge is 0.372 e. The summed E-state index contributed by atoms with van der Waals surface area (Å²) in [5, 5.41) is 1.14. The van der Waals surface area contributed by atoms with E-state index < -0.39 is 0 Å². The van der Waals surface area contributed by atoms with Crippen LogP contribution in [0.2, 0.25) is 0 Å². The molecule has 0 aliphatic carbocycles. The van der Waals surface area contributed by atoms with Gasteiger partial charge in [0.15, 0.2) is 0 Å². The van der Waals surface area contributed by atoms with E-state index >= 15 is 0 Å². The van der Waals surface area contributed by atoms with Crippen LogP contribution in [0.4, 0.5) is 5.69 Å². The third-order valence-corrected chi connectivity index (χ3v) is 4.39. The summed E-state index contributed by atoms with van der Waals surface area (Å²) < 4.78 is 5.81. The second-order valence-corrected chi connectivity index (χ2v) is 6.35. The van der Waals surface area contributed by atoms with E-state index in [1.807, 2.05) is 12.4 Å². The number of anilines is 1. The first kappa shape index (κ1) is 14.3. The summed E-state index contributed by atoms with van der Waals surface area (Å²) >= 11 is 0. The summed E-state index contributed by atoms with van der Waals surface area (Å²) in [6.45, 7) is 6.16. The second-order valence-electron chi connectivity index (χ2n) is 6.35. The van der Waals surface area contributed by atoms with Crippen molar-refractivity contribution < 1.29 is 4.74 Å². The Balaban J connectivity index is 1.59. The first-order valence-electron chi connectivity index (χ1n) is 8.13. The van der Waals surface area contributed by atoms with Crippen LogP contribution in [0.5, 0.6) is 0 Å². The normalized spacial score (nSPS) is 21.7. The Morgan fingerprint density at radius 1 is 1.04 bits per heavy atom. The number of rotatable bonds is 2. The van der Waals surface area contributed by atoms with Crippen LogP contribution in [0.15, 0.2) is 48.8 Å². The highest BCUT2D eigenvalue weighted by Crippen LogP contribution is 2.26. The van der Waals surface area contributed by atoms with Crippen molar-refractivity contribution >= 4 is 16.7 Å². The van der Waals surface area contributed by atoms with E-state index in [9.17, 15) is 0 Å². The van der Waals surface area contributed by atoms with Gasteiger partial charge in [-0.05, 0) is 43.7 Å². The molecule has 1 aromatic carbocycles. The fourth-order valence-corrected chi connectivity index (χ4v) is 3.35. The van der Waals surface area contributed by atoms with Crippen molar-refractivity contribution in [3.63, 3.8) is 0 Å². The molecule has 1 aliphatic rings. The van der Waals surface area contributed by atoms with E-state index in [-0.39, 0.29) is 12.2 Å². The Kier molecular flexibility index (Phi) is 3.54. The maximum absolute atomic E-state index is 5.81. The number of nitrogens with one attached hydrogen (secondary N) is 1. The molecule has 3 heterocycles. The highest BCUT2D eigenvalue weighted by molar-refractivity contribution is 5.81. The van der Waals surface area contributed by atoms with E-state index in [1.165, 1.54) is 11.3 Å². The molecule has 1 fully saturated rings. The lowest BCUT2D eigenvalue weighted by Crippen LogP contribution is -2.45. The molecule has 23 heavy (non-hydrogen) atoms. The highest BCUT2D eigenvalue weighted by Gasteiger charge is 2.22. The molecule has 4 rings (SSSR count). The van der Waals surface area contributed by atoms with E-state index in [2.05, 4.69) is 65.1 Å². The lowest BCUT2D eigenvalue weighted by Gasteiger charge is -2.36. The molecule has 0 spiro atoms. The van der Waals surface area contributed by atoms with Gasteiger partial charge >= 0.3 is 0 Å².